The summed E-state index contributed by atoms with van der Waals surface area (Å²) in [5.41, 5.74) is -0.723. The van der Waals surface area contributed by atoms with Gasteiger partial charge >= 0.3 is 24.2 Å². The van der Waals surface area contributed by atoms with E-state index in [0.29, 0.717) is 30.9 Å². The third kappa shape index (κ3) is 13.2. The van der Waals surface area contributed by atoms with Gasteiger partial charge in [-0.3, -0.25) is 5.32 Å². The van der Waals surface area contributed by atoms with Gasteiger partial charge in [0, 0.05) is 13.0 Å². The Labute approximate surface area is 228 Å². The van der Waals surface area contributed by atoms with Gasteiger partial charge in [-0.2, -0.15) is 0 Å². The van der Waals surface area contributed by atoms with E-state index in [1.165, 1.54) is 0 Å². The molecule has 11 nitrogen and oxygen atoms in total. The van der Waals surface area contributed by atoms with Gasteiger partial charge < -0.3 is 29.6 Å². The maximum atomic E-state index is 13.0. The summed E-state index contributed by atoms with van der Waals surface area (Å²) in [5, 5.41) is 7.67. The van der Waals surface area contributed by atoms with E-state index in [9.17, 15) is 19.2 Å². The number of nitrogens with one attached hydrogen (secondary N) is 3. The summed E-state index contributed by atoms with van der Waals surface area (Å²) in [5.74, 6) is -0.0231. The zero-order valence-corrected chi connectivity index (χ0v) is 22.7. The molecule has 0 aliphatic heterocycles. The van der Waals surface area contributed by atoms with Gasteiger partial charge in [0.25, 0.3) is 0 Å². The zero-order valence-electron chi connectivity index (χ0n) is 22.7. The molecule has 3 N–H and O–H groups in total. The van der Waals surface area contributed by atoms with Crippen molar-refractivity contribution < 1.29 is 38.1 Å². The Kier molecular flexibility index (Phi) is 12.6. The molecule has 0 heterocycles. The minimum Gasteiger partial charge on any atom is -0.444 e. The van der Waals surface area contributed by atoms with Gasteiger partial charge in [-0.05, 0) is 64.3 Å². The first kappa shape index (κ1) is 30.9. The lowest BCUT2D eigenvalue weighted by Crippen LogP contribution is -2.47. The average molecular weight is 544 g/mol. The van der Waals surface area contributed by atoms with Crippen molar-refractivity contribution in [2.75, 3.05) is 6.54 Å². The molecule has 2 atom stereocenters. The number of alkyl carbamates (subject to hydrolysis) is 1. The van der Waals surface area contributed by atoms with Crippen LogP contribution >= 0.6 is 0 Å². The summed E-state index contributed by atoms with van der Waals surface area (Å²) in [6.45, 7) is 7.16. The number of carbonyl (C=O) groups is 4. The number of hydrogen-bond acceptors (Lipinski definition) is 8. The van der Waals surface area contributed by atoms with Gasteiger partial charge in [0.1, 0.15) is 23.1 Å². The smallest absolute Gasteiger partial charge is 0.413 e. The highest BCUT2D eigenvalue weighted by molar-refractivity contribution is 5.82. The van der Waals surface area contributed by atoms with Gasteiger partial charge in [0.05, 0.1) is 0 Å². The second kappa shape index (κ2) is 15.9. The van der Waals surface area contributed by atoms with Gasteiger partial charge in [0.15, 0.2) is 6.23 Å². The van der Waals surface area contributed by atoms with Crippen molar-refractivity contribution in [3.63, 3.8) is 0 Å². The quantitative estimate of drug-likeness (QED) is 0.195. The molecule has 11 heteroatoms. The fourth-order valence-corrected chi connectivity index (χ4v) is 3.19. The molecule has 0 aliphatic rings. The number of rotatable bonds is 12. The zero-order chi connectivity index (χ0) is 28.7. The predicted octanol–water partition coefficient (Wildman–Crippen LogP) is 4.91. The summed E-state index contributed by atoms with van der Waals surface area (Å²) in [4.78, 5) is 49.5. The van der Waals surface area contributed by atoms with E-state index in [0.717, 1.165) is 0 Å². The molecule has 0 spiro atoms. The first-order valence-corrected chi connectivity index (χ1v) is 12.8. The molecule has 0 saturated carbocycles. The Morgan fingerprint density at radius 2 is 1.33 bits per heavy atom. The van der Waals surface area contributed by atoms with Crippen LogP contribution in [0, 0.1) is 0 Å². The minimum atomic E-state index is -1.06. The van der Waals surface area contributed by atoms with Crippen LogP contribution in [0.25, 0.3) is 0 Å². The van der Waals surface area contributed by atoms with Crippen molar-refractivity contribution in [2.45, 2.75) is 71.2 Å². The monoisotopic (exact) mass is 543 g/mol. The molecule has 212 valence electrons. The molecule has 2 aromatic carbocycles. The lowest BCUT2D eigenvalue weighted by molar-refractivity contribution is -0.153. The lowest BCUT2D eigenvalue weighted by atomic mass is 10.1. The van der Waals surface area contributed by atoms with Gasteiger partial charge in [0.2, 0.25) is 0 Å². The van der Waals surface area contributed by atoms with Crippen LogP contribution in [-0.2, 0) is 14.3 Å². The maximum absolute atomic E-state index is 13.0. The van der Waals surface area contributed by atoms with Crippen LogP contribution in [0.2, 0.25) is 0 Å². The second-order valence-corrected chi connectivity index (χ2v) is 9.50. The molecule has 2 unspecified atom stereocenters. The number of hydrogen-bond donors (Lipinski definition) is 3. The molecule has 2 aromatic rings. The highest BCUT2D eigenvalue weighted by atomic mass is 16.6. The molecule has 0 radical (unpaired) electrons. The fourth-order valence-electron chi connectivity index (χ4n) is 3.19. The Hall–Kier alpha value is -4.28. The SMILES string of the molecule is CCC(NC(=O)OC(C)(C)C)OC(=O)C(CCCCNC(=O)Oc1ccccc1)NC(=O)Oc1ccccc1. The number of carbonyl (C=O) groups excluding carboxylic acids is 4. The summed E-state index contributed by atoms with van der Waals surface area (Å²) in [6, 6.07) is 16.0. The summed E-state index contributed by atoms with van der Waals surface area (Å²) >= 11 is 0. The molecular weight excluding hydrogens is 506 g/mol. The van der Waals surface area contributed by atoms with E-state index in [-0.39, 0.29) is 12.8 Å². The fraction of sp³-hybridized carbons (Fsp3) is 0.429. The van der Waals surface area contributed by atoms with Gasteiger partial charge in [-0.1, -0.05) is 43.3 Å². The Morgan fingerprint density at radius 1 is 0.769 bits per heavy atom. The second-order valence-electron chi connectivity index (χ2n) is 9.50. The van der Waals surface area contributed by atoms with Crippen molar-refractivity contribution >= 4 is 24.2 Å². The van der Waals surface area contributed by atoms with Crippen molar-refractivity contribution in [1.29, 1.82) is 0 Å². The minimum absolute atomic E-state index is 0.195. The number of amides is 3. The largest absolute Gasteiger partial charge is 0.444 e. The molecule has 0 fully saturated rings. The predicted molar refractivity (Wildman–Crippen MR) is 143 cm³/mol. The molecule has 3 amide bonds. The summed E-state index contributed by atoms with van der Waals surface area (Å²) in [6.07, 6.45) is -1.70. The molecular formula is C28H37N3O8. The lowest BCUT2D eigenvalue weighted by Gasteiger charge is -2.25. The molecule has 0 aliphatic carbocycles. The van der Waals surface area contributed by atoms with E-state index in [2.05, 4.69) is 16.0 Å². The van der Waals surface area contributed by atoms with E-state index >= 15 is 0 Å². The van der Waals surface area contributed by atoms with Crippen LogP contribution in [0.1, 0.15) is 53.4 Å². The summed E-state index contributed by atoms with van der Waals surface area (Å²) in [7, 11) is 0. The molecule has 39 heavy (non-hydrogen) atoms. The van der Waals surface area contributed by atoms with E-state index < -0.39 is 42.1 Å². The normalized spacial score (nSPS) is 12.3. The number of unbranched alkanes of at least 4 members (excludes halogenated alkanes) is 1. The van der Waals surface area contributed by atoms with E-state index in [1.807, 2.05) is 6.07 Å². The van der Waals surface area contributed by atoms with Crippen LogP contribution in [-0.4, -0.2) is 48.7 Å². The highest BCUT2D eigenvalue weighted by Gasteiger charge is 2.27. The number of esters is 1. The van der Waals surface area contributed by atoms with Crippen LogP contribution in [0.15, 0.2) is 60.7 Å². The van der Waals surface area contributed by atoms with Crippen LogP contribution in [0.4, 0.5) is 14.4 Å². The number of para-hydroxylation sites is 2. The molecule has 0 saturated heterocycles. The Morgan fingerprint density at radius 3 is 1.87 bits per heavy atom. The number of benzene rings is 2. The van der Waals surface area contributed by atoms with Crippen molar-refractivity contribution in [3.05, 3.63) is 60.7 Å². The maximum Gasteiger partial charge on any atom is 0.413 e. The molecule has 2 rings (SSSR count). The van der Waals surface area contributed by atoms with Gasteiger partial charge in [-0.25, -0.2) is 19.2 Å². The van der Waals surface area contributed by atoms with Crippen LogP contribution in [0.5, 0.6) is 11.5 Å². The van der Waals surface area contributed by atoms with E-state index in [1.54, 1.807) is 82.3 Å². The standard InChI is InChI=1S/C28H37N3O8/c1-5-23(31-27(35)39-28(2,3)4)38-24(32)22(30-26(34)37-21-16-10-7-11-17-21)18-12-13-19-29-25(33)36-20-14-8-6-9-15-20/h6-11,14-17,22-23H,5,12-13,18-19H2,1-4H3,(H,29,33)(H,30,34)(H,31,35). The first-order valence-electron chi connectivity index (χ1n) is 12.8. The average Bonchev–Trinajstić information content (AvgIpc) is 2.87. The Bertz CT molecular complexity index is 1060. The number of ether oxygens (including phenoxy) is 4. The summed E-state index contributed by atoms with van der Waals surface area (Å²) < 4.78 is 21.1. The topological polar surface area (TPSA) is 141 Å². The third-order valence-corrected chi connectivity index (χ3v) is 4.98. The third-order valence-electron chi connectivity index (χ3n) is 4.98. The van der Waals surface area contributed by atoms with Crippen LogP contribution < -0.4 is 25.4 Å². The van der Waals surface area contributed by atoms with Gasteiger partial charge in [-0.15, -0.1) is 0 Å². The van der Waals surface area contributed by atoms with Crippen LogP contribution in [0.3, 0.4) is 0 Å². The van der Waals surface area contributed by atoms with Crippen molar-refractivity contribution in [3.8, 4) is 11.5 Å². The molecule has 0 bridgehead atoms. The Balaban J connectivity index is 1.91. The molecule has 0 aromatic heterocycles. The van der Waals surface area contributed by atoms with Crippen molar-refractivity contribution in [1.82, 2.24) is 16.0 Å². The van der Waals surface area contributed by atoms with E-state index in [4.69, 9.17) is 18.9 Å². The highest BCUT2D eigenvalue weighted by Crippen LogP contribution is 2.12. The van der Waals surface area contributed by atoms with Crippen molar-refractivity contribution in [2.24, 2.45) is 0 Å². The first-order chi connectivity index (χ1) is 18.6.